The van der Waals surface area contributed by atoms with Crippen LogP contribution in [0.3, 0.4) is 0 Å². The molecule has 10 nitrogen and oxygen atoms in total. The monoisotopic (exact) mass is 343 g/mol. The van der Waals surface area contributed by atoms with Crippen LogP contribution < -0.4 is 11.1 Å². The van der Waals surface area contributed by atoms with E-state index in [9.17, 15) is 24.0 Å². The van der Waals surface area contributed by atoms with Gasteiger partial charge in [0.15, 0.2) is 5.78 Å². The number of Topliss-reactive ketones (excluding diaryl/α,β-unsaturated/α-hetero) is 1. The second-order valence-corrected chi connectivity index (χ2v) is 5.62. The molecule has 1 saturated heterocycles. The first-order chi connectivity index (χ1) is 11.2. The number of hydrogen-bond acceptors (Lipinski definition) is 6. The Balaban J connectivity index is 2.82. The fourth-order valence-electron chi connectivity index (χ4n) is 2.52. The van der Waals surface area contributed by atoms with Gasteiger partial charge in [-0.3, -0.25) is 19.2 Å². The maximum Gasteiger partial charge on any atom is 0.326 e. The molecule has 0 aliphatic carbocycles. The van der Waals surface area contributed by atoms with E-state index in [2.05, 4.69) is 5.32 Å². The van der Waals surface area contributed by atoms with Crippen LogP contribution in [0.5, 0.6) is 0 Å². The SMILES string of the molecule is C[C@@H](C(=O)O)N1C[C@@H](C(=O)[C@H](CCC(=O)O)NC(=O)CN)CC1=O. The van der Waals surface area contributed by atoms with E-state index >= 15 is 0 Å². The minimum atomic E-state index is -1.18. The number of carboxylic acid groups (broad SMARTS) is 2. The second-order valence-electron chi connectivity index (χ2n) is 5.62. The molecule has 1 aliphatic rings. The largest absolute Gasteiger partial charge is 0.481 e. The molecule has 0 unspecified atom stereocenters. The molecule has 0 saturated carbocycles. The predicted molar refractivity (Wildman–Crippen MR) is 79.8 cm³/mol. The first kappa shape index (κ1) is 19.6. The number of likely N-dealkylation sites (tertiary alicyclic amines) is 1. The van der Waals surface area contributed by atoms with Crippen LogP contribution >= 0.6 is 0 Å². The molecule has 10 heteroatoms. The molecule has 1 fully saturated rings. The maximum absolute atomic E-state index is 12.5. The van der Waals surface area contributed by atoms with Crippen molar-refractivity contribution in [3.63, 3.8) is 0 Å². The van der Waals surface area contributed by atoms with Gasteiger partial charge in [-0.1, -0.05) is 0 Å². The molecule has 5 N–H and O–H groups in total. The first-order valence-corrected chi connectivity index (χ1v) is 7.44. The molecular weight excluding hydrogens is 322 g/mol. The molecule has 0 aromatic carbocycles. The zero-order chi connectivity index (χ0) is 18.4. The normalized spacial score (nSPS) is 19.7. The van der Waals surface area contributed by atoms with E-state index in [-0.39, 0.29) is 32.4 Å². The van der Waals surface area contributed by atoms with E-state index < -0.39 is 47.5 Å². The van der Waals surface area contributed by atoms with Crippen molar-refractivity contribution in [2.45, 2.75) is 38.3 Å². The molecule has 1 heterocycles. The van der Waals surface area contributed by atoms with E-state index in [1.165, 1.54) is 6.92 Å². The lowest BCUT2D eigenvalue weighted by Gasteiger charge is -2.22. The average molecular weight is 343 g/mol. The van der Waals surface area contributed by atoms with Gasteiger partial charge in [-0.15, -0.1) is 0 Å². The van der Waals surface area contributed by atoms with Crippen molar-refractivity contribution >= 4 is 29.5 Å². The van der Waals surface area contributed by atoms with Gasteiger partial charge in [0.05, 0.1) is 12.6 Å². The summed E-state index contributed by atoms with van der Waals surface area (Å²) in [5.41, 5.74) is 5.18. The third kappa shape index (κ3) is 5.01. The molecule has 0 bridgehead atoms. The molecule has 3 atom stereocenters. The zero-order valence-electron chi connectivity index (χ0n) is 13.2. The van der Waals surface area contributed by atoms with Crippen LogP contribution in [0, 0.1) is 5.92 Å². The summed E-state index contributed by atoms with van der Waals surface area (Å²) in [6, 6.07) is -2.14. The summed E-state index contributed by atoms with van der Waals surface area (Å²) in [6.07, 6.45) is -0.630. The first-order valence-electron chi connectivity index (χ1n) is 7.44. The zero-order valence-corrected chi connectivity index (χ0v) is 13.2. The average Bonchev–Trinajstić information content (AvgIpc) is 2.91. The summed E-state index contributed by atoms with van der Waals surface area (Å²) in [4.78, 5) is 58.6. The van der Waals surface area contributed by atoms with Gasteiger partial charge in [0.2, 0.25) is 11.8 Å². The quantitative estimate of drug-likeness (QED) is 0.380. The van der Waals surface area contributed by atoms with Crippen molar-refractivity contribution in [2.24, 2.45) is 11.7 Å². The van der Waals surface area contributed by atoms with Crippen molar-refractivity contribution in [1.82, 2.24) is 10.2 Å². The van der Waals surface area contributed by atoms with Crippen LogP contribution in [0.1, 0.15) is 26.2 Å². The Morgan fingerprint density at radius 3 is 2.46 bits per heavy atom. The minimum Gasteiger partial charge on any atom is -0.481 e. The number of aliphatic carboxylic acids is 2. The lowest BCUT2D eigenvalue weighted by atomic mass is 9.94. The smallest absolute Gasteiger partial charge is 0.326 e. The lowest BCUT2D eigenvalue weighted by Crippen LogP contribution is -2.47. The Labute approximate surface area is 138 Å². The van der Waals surface area contributed by atoms with Crippen LogP contribution in [0.2, 0.25) is 0 Å². The topological polar surface area (TPSA) is 167 Å². The number of carbonyl (C=O) groups is 5. The van der Waals surface area contributed by atoms with Crippen molar-refractivity contribution in [2.75, 3.05) is 13.1 Å². The predicted octanol–water partition coefficient (Wildman–Crippen LogP) is -1.81. The number of amides is 2. The van der Waals surface area contributed by atoms with Gasteiger partial charge in [-0.05, 0) is 13.3 Å². The van der Waals surface area contributed by atoms with Gasteiger partial charge in [0.25, 0.3) is 0 Å². The Morgan fingerprint density at radius 1 is 1.33 bits per heavy atom. The van der Waals surface area contributed by atoms with Crippen LogP contribution in [0.15, 0.2) is 0 Å². The van der Waals surface area contributed by atoms with Gasteiger partial charge < -0.3 is 26.2 Å². The van der Waals surface area contributed by atoms with Crippen LogP contribution in [0.4, 0.5) is 0 Å². The number of carbonyl (C=O) groups excluding carboxylic acids is 3. The highest BCUT2D eigenvalue weighted by atomic mass is 16.4. The van der Waals surface area contributed by atoms with Gasteiger partial charge in [-0.25, -0.2) is 4.79 Å². The summed E-state index contributed by atoms with van der Waals surface area (Å²) < 4.78 is 0. The fraction of sp³-hybridized carbons (Fsp3) is 0.643. The number of nitrogens with one attached hydrogen (secondary N) is 1. The molecule has 2 amide bonds. The second kappa shape index (κ2) is 8.39. The molecule has 134 valence electrons. The Morgan fingerprint density at radius 2 is 1.96 bits per heavy atom. The summed E-state index contributed by atoms with van der Waals surface area (Å²) in [6.45, 7) is 0.904. The van der Waals surface area contributed by atoms with Gasteiger partial charge in [0, 0.05) is 25.3 Å². The van der Waals surface area contributed by atoms with Crippen molar-refractivity contribution in [1.29, 1.82) is 0 Å². The number of hydrogen-bond donors (Lipinski definition) is 4. The Kier molecular flexibility index (Phi) is 6.83. The molecule has 0 radical (unpaired) electrons. The van der Waals surface area contributed by atoms with E-state index in [1.54, 1.807) is 0 Å². The highest BCUT2D eigenvalue weighted by Crippen LogP contribution is 2.23. The number of ketones is 1. The maximum atomic E-state index is 12.5. The van der Waals surface area contributed by atoms with Crippen molar-refractivity contribution < 1.29 is 34.2 Å². The minimum absolute atomic E-state index is 0.0762. The van der Waals surface area contributed by atoms with Crippen LogP contribution in [-0.4, -0.2) is 69.8 Å². The Bertz CT molecular complexity index is 548. The van der Waals surface area contributed by atoms with Crippen molar-refractivity contribution in [3.8, 4) is 0 Å². The van der Waals surface area contributed by atoms with Crippen LogP contribution in [0.25, 0.3) is 0 Å². The summed E-state index contributed by atoms with van der Waals surface area (Å²) in [7, 11) is 0. The highest BCUT2D eigenvalue weighted by molar-refractivity contribution is 5.96. The standard InChI is InChI=1S/C14H21N3O7/c1-7(14(23)24)17-6-8(4-11(17)19)13(22)9(2-3-12(20)21)16-10(18)5-15/h7-9H,2-6,15H2,1H3,(H,16,18)(H,20,21)(H,23,24)/t7-,8-,9-/m0/s1. The highest BCUT2D eigenvalue weighted by Gasteiger charge is 2.40. The summed E-state index contributed by atoms with van der Waals surface area (Å²) in [5, 5.41) is 20.1. The molecular formula is C14H21N3O7. The summed E-state index contributed by atoms with van der Waals surface area (Å²) in [5.74, 6) is -4.68. The molecule has 0 aromatic rings. The van der Waals surface area contributed by atoms with E-state index in [4.69, 9.17) is 15.9 Å². The molecule has 0 spiro atoms. The number of rotatable bonds is 9. The number of nitrogens with two attached hydrogens (primary N) is 1. The molecule has 1 rings (SSSR count). The van der Waals surface area contributed by atoms with E-state index in [0.29, 0.717) is 0 Å². The lowest BCUT2D eigenvalue weighted by molar-refractivity contribution is -0.147. The van der Waals surface area contributed by atoms with Gasteiger partial charge in [0.1, 0.15) is 6.04 Å². The summed E-state index contributed by atoms with van der Waals surface area (Å²) >= 11 is 0. The van der Waals surface area contributed by atoms with E-state index in [0.717, 1.165) is 4.90 Å². The molecule has 24 heavy (non-hydrogen) atoms. The number of carboxylic acids is 2. The Hall–Kier alpha value is -2.49. The van der Waals surface area contributed by atoms with Crippen molar-refractivity contribution in [3.05, 3.63) is 0 Å². The fourth-order valence-corrected chi connectivity index (χ4v) is 2.52. The van der Waals surface area contributed by atoms with Crippen LogP contribution in [-0.2, 0) is 24.0 Å². The van der Waals surface area contributed by atoms with Gasteiger partial charge >= 0.3 is 11.9 Å². The van der Waals surface area contributed by atoms with E-state index in [1.807, 2.05) is 0 Å². The number of nitrogens with zero attached hydrogens (tertiary/aromatic N) is 1. The molecule has 1 aliphatic heterocycles. The van der Waals surface area contributed by atoms with Gasteiger partial charge in [-0.2, -0.15) is 0 Å². The third-order valence-electron chi connectivity index (χ3n) is 3.90. The third-order valence-corrected chi connectivity index (χ3v) is 3.90. The molecule has 0 aromatic heterocycles.